The summed E-state index contributed by atoms with van der Waals surface area (Å²) in [7, 11) is 0. The van der Waals surface area contributed by atoms with Gasteiger partial charge in [0.05, 0.1) is 6.04 Å². The quantitative estimate of drug-likeness (QED) is 0.822. The summed E-state index contributed by atoms with van der Waals surface area (Å²) in [6, 6.07) is 0.412. The molecule has 0 bridgehead atoms. The van der Waals surface area contributed by atoms with E-state index in [0.717, 1.165) is 24.1 Å². The van der Waals surface area contributed by atoms with E-state index in [9.17, 15) is 0 Å². The van der Waals surface area contributed by atoms with E-state index in [-0.39, 0.29) is 0 Å². The minimum absolute atomic E-state index is 0.412. The molecule has 1 saturated carbocycles. The molecule has 0 aromatic carbocycles. The lowest BCUT2D eigenvalue weighted by Crippen LogP contribution is -2.29. The van der Waals surface area contributed by atoms with Gasteiger partial charge in [0, 0.05) is 13.0 Å². The Bertz CT molecular complexity index is 384. The van der Waals surface area contributed by atoms with Crippen LogP contribution < -0.4 is 0 Å². The van der Waals surface area contributed by atoms with Crippen LogP contribution in [0.2, 0.25) is 0 Å². The highest BCUT2D eigenvalue weighted by atomic mass is 16.5. The van der Waals surface area contributed by atoms with Crippen LogP contribution in [0.3, 0.4) is 0 Å². The van der Waals surface area contributed by atoms with Crippen molar-refractivity contribution in [3.8, 4) is 0 Å². The minimum atomic E-state index is 0.412. The van der Waals surface area contributed by atoms with Gasteiger partial charge in [-0.1, -0.05) is 24.9 Å². The normalized spacial score (nSPS) is 26.2. The Labute approximate surface area is 109 Å². The first-order chi connectivity index (χ1) is 8.86. The first-order valence-electron chi connectivity index (χ1n) is 7.43. The molecule has 1 saturated heterocycles. The third kappa shape index (κ3) is 2.44. The Morgan fingerprint density at radius 3 is 2.78 bits per heavy atom. The molecule has 0 amide bonds. The SMILES string of the molecule is CCc1nc([C@H]2CCCN2CC2CCCC2)no1. The molecule has 4 heteroatoms. The Morgan fingerprint density at radius 1 is 1.22 bits per heavy atom. The number of nitrogens with zero attached hydrogens (tertiary/aromatic N) is 3. The summed E-state index contributed by atoms with van der Waals surface area (Å²) in [5, 5.41) is 4.17. The molecule has 100 valence electrons. The molecule has 2 fully saturated rings. The predicted molar refractivity (Wildman–Crippen MR) is 69.2 cm³/mol. The molecule has 18 heavy (non-hydrogen) atoms. The van der Waals surface area contributed by atoms with Gasteiger partial charge in [0.15, 0.2) is 5.82 Å². The molecular formula is C14H23N3O. The number of likely N-dealkylation sites (tertiary alicyclic amines) is 1. The number of aromatic nitrogens is 2. The molecule has 2 aliphatic rings. The second-order valence-corrected chi connectivity index (χ2v) is 5.70. The highest BCUT2D eigenvalue weighted by Crippen LogP contribution is 2.34. The Kier molecular flexibility index (Phi) is 3.64. The lowest BCUT2D eigenvalue weighted by Gasteiger charge is -2.24. The maximum absolute atomic E-state index is 5.26. The van der Waals surface area contributed by atoms with Crippen LogP contribution in [0.5, 0.6) is 0 Å². The molecular weight excluding hydrogens is 226 g/mol. The zero-order valence-corrected chi connectivity index (χ0v) is 11.3. The number of rotatable bonds is 4. The van der Waals surface area contributed by atoms with E-state index in [4.69, 9.17) is 4.52 Å². The Balaban J connectivity index is 1.66. The van der Waals surface area contributed by atoms with E-state index in [1.54, 1.807) is 0 Å². The van der Waals surface area contributed by atoms with E-state index in [1.165, 1.54) is 51.6 Å². The van der Waals surface area contributed by atoms with Gasteiger partial charge in [-0.25, -0.2) is 0 Å². The fraction of sp³-hybridized carbons (Fsp3) is 0.857. The van der Waals surface area contributed by atoms with Crippen LogP contribution in [0.25, 0.3) is 0 Å². The molecule has 0 unspecified atom stereocenters. The summed E-state index contributed by atoms with van der Waals surface area (Å²) in [6.07, 6.45) is 8.97. The summed E-state index contributed by atoms with van der Waals surface area (Å²) in [6.45, 7) is 4.50. The third-order valence-corrected chi connectivity index (χ3v) is 4.42. The highest BCUT2D eigenvalue weighted by molar-refractivity contribution is 4.98. The van der Waals surface area contributed by atoms with Gasteiger partial charge in [-0.05, 0) is 38.1 Å². The summed E-state index contributed by atoms with van der Waals surface area (Å²) < 4.78 is 5.26. The van der Waals surface area contributed by atoms with Gasteiger partial charge >= 0.3 is 0 Å². The number of hydrogen-bond donors (Lipinski definition) is 0. The van der Waals surface area contributed by atoms with Crippen LogP contribution in [-0.4, -0.2) is 28.1 Å². The highest BCUT2D eigenvalue weighted by Gasteiger charge is 2.31. The lowest BCUT2D eigenvalue weighted by molar-refractivity contribution is 0.206. The van der Waals surface area contributed by atoms with Crippen LogP contribution in [0, 0.1) is 5.92 Å². The van der Waals surface area contributed by atoms with Crippen molar-refractivity contribution in [2.75, 3.05) is 13.1 Å². The van der Waals surface area contributed by atoms with Gasteiger partial charge in [-0.2, -0.15) is 4.98 Å². The largest absolute Gasteiger partial charge is 0.339 e. The van der Waals surface area contributed by atoms with Gasteiger partial charge in [0.25, 0.3) is 0 Å². The zero-order chi connectivity index (χ0) is 12.4. The van der Waals surface area contributed by atoms with Crippen LogP contribution in [-0.2, 0) is 6.42 Å². The summed E-state index contributed by atoms with van der Waals surface area (Å²) in [5.74, 6) is 2.60. The standard InChI is InChI=1S/C14H23N3O/c1-2-13-15-14(16-18-13)12-8-5-9-17(12)10-11-6-3-4-7-11/h11-12H,2-10H2,1H3/t12-/m1/s1. The molecule has 0 N–H and O–H groups in total. The fourth-order valence-electron chi connectivity index (χ4n) is 3.41. The first-order valence-corrected chi connectivity index (χ1v) is 7.43. The molecule has 3 rings (SSSR count). The maximum Gasteiger partial charge on any atom is 0.226 e. The van der Waals surface area contributed by atoms with Crippen LogP contribution in [0.4, 0.5) is 0 Å². The van der Waals surface area contributed by atoms with Gasteiger partial charge < -0.3 is 4.52 Å². The van der Waals surface area contributed by atoms with Crippen molar-refractivity contribution in [1.82, 2.24) is 15.0 Å². The van der Waals surface area contributed by atoms with Crippen molar-refractivity contribution < 1.29 is 4.52 Å². The molecule has 1 aliphatic carbocycles. The molecule has 1 atom stereocenters. The molecule has 0 radical (unpaired) electrons. The minimum Gasteiger partial charge on any atom is -0.339 e. The summed E-state index contributed by atoms with van der Waals surface area (Å²) >= 11 is 0. The van der Waals surface area contributed by atoms with Crippen LogP contribution in [0.1, 0.15) is 63.2 Å². The second-order valence-electron chi connectivity index (χ2n) is 5.70. The molecule has 1 aliphatic heterocycles. The topological polar surface area (TPSA) is 42.2 Å². The Hall–Kier alpha value is -0.900. The average Bonchev–Trinajstić information content (AvgIpc) is 3.09. The van der Waals surface area contributed by atoms with Crippen molar-refractivity contribution in [3.63, 3.8) is 0 Å². The van der Waals surface area contributed by atoms with Gasteiger partial charge in [-0.15, -0.1) is 0 Å². The van der Waals surface area contributed by atoms with E-state index in [2.05, 4.69) is 22.0 Å². The predicted octanol–water partition coefficient (Wildman–Crippen LogP) is 2.96. The van der Waals surface area contributed by atoms with Crippen molar-refractivity contribution in [2.45, 2.75) is 57.9 Å². The van der Waals surface area contributed by atoms with Gasteiger partial charge in [-0.3, -0.25) is 4.90 Å². The van der Waals surface area contributed by atoms with E-state index in [1.807, 2.05) is 0 Å². The fourth-order valence-corrected chi connectivity index (χ4v) is 3.41. The Morgan fingerprint density at radius 2 is 2.06 bits per heavy atom. The van der Waals surface area contributed by atoms with Crippen molar-refractivity contribution in [3.05, 3.63) is 11.7 Å². The first kappa shape index (κ1) is 12.2. The van der Waals surface area contributed by atoms with Crippen molar-refractivity contribution >= 4 is 0 Å². The molecule has 0 spiro atoms. The second kappa shape index (κ2) is 5.39. The summed E-state index contributed by atoms with van der Waals surface area (Å²) in [4.78, 5) is 7.10. The van der Waals surface area contributed by atoms with Gasteiger partial charge in [0.1, 0.15) is 0 Å². The van der Waals surface area contributed by atoms with Crippen molar-refractivity contribution in [2.24, 2.45) is 5.92 Å². The van der Waals surface area contributed by atoms with E-state index in [0.29, 0.717) is 6.04 Å². The monoisotopic (exact) mass is 249 g/mol. The maximum atomic E-state index is 5.26. The van der Waals surface area contributed by atoms with Crippen molar-refractivity contribution in [1.29, 1.82) is 0 Å². The third-order valence-electron chi connectivity index (χ3n) is 4.42. The average molecular weight is 249 g/mol. The number of aryl methyl sites for hydroxylation is 1. The summed E-state index contributed by atoms with van der Waals surface area (Å²) in [5.41, 5.74) is 0. The smallest absolute Gasteiger partial charge is 0.226 e. The van der Waals surface area contributed by atoms with Crippen LogP contribution >= 0.6 is 0 Å². The van der Waals surface area contributed by atoms with E-state index < -0.39 is 0 Å². The van der Waals surface area contributed by atoms with Gasteiger partial charge in [0.2, 0.25) is 5.89 Å². The molecule has 4 nitrogen and oxygen atoms in total. The molecule has 1 aromatic rings. The van der Waals surface area contributed by atoms with Crippen LogP contribution in [0.15, 0.2) is 4.52 Å². The zero-order valence-electron chi connectivity index (χ0n) is 11.3. The molecule has 1 aromatic heterocycles. The lowest BCUT2D eigenvalue weighted by atomic mass is 10.1. The number of hydrogen-bond acceptors (Lipinski definition) is 4. The van der Waals surface area contributed by atoms with E-state index >= 15 is 0 Å². The molecule has 2 heterocycles.